The molecule has 2 aliphatic rings. The number of hydrogen-bond donors (Lipinski definition) is 2. The summed E-state index contributed by atoms with van der Waals surface area (Å²) in [5, 5.41) is 9.24. The van der Waals surface area contributed by atoms with Gasteiger partial charge in [0.15, 0.2) is 6.29 Å². The average molecular weight is 334 g/mol. The van der Waals surface area contributed by atoms with Crippen molar-refractivity contribution in [2.24, 2.45) is 0 Å². The molecule has 1 saturated heterocycles. The fourth-order valence-corrected chi connectivity index (χ4v) is 3.55. The van der Waals surface area contributed by atoms with Gasteiger partial charge < -0.3 is 19.9 Å². The topological polar surface area (TPSA) is 42.5 Å². The third-order valence-electron chi connectivity index (χ3n) is 4.74. The van der Waals surface area contributed by atoms with Crippen LogP contribution in [-0.2, 0) is 9.47 Å². The van der Waals surface area contributed by atoms with Gasteiger partial charge in [0.05, 0.1) is 13.2 Å². The zero-order valence-electron chi connectivity index (χ0n) is 13.5. The lowest BCUT2D eigenvalue weighted by molar-refractivity contribution is -0.0464. The van der Waals surface area contributed by atoms with Gasteiger partial charge in [0.1, 0.15) is 5.82 Å². The molecule has 6 heteroatoms. The summed E-state index contributed by atoms with van der Waals surface area (Å²) >= 11 is 0. The van der Waals surface area contributed by atoms with Gasteiger partial charge in [-0.2, -0.15) is 0 Å². The molecule has 5 rings (SSSR count). The van der Waals surface area contributed by atoms with Gasteiger partial charge >= 0.3 is 6.98 Å². The highest BCUT2D eigenvalue weighted by Crippen LogP contribution is 2.34. The molecule has 3 aromatic carbocycles. The predicted molar refractivity (Wildman–Crippen MR) is 97.6 cm³/mol. The SMILES string of the molecule is Fc1cc(B2Nc3cccc4cccc(c34)N2)ccc1C1OCCO1. The second-order valence-electron chi connectivity index (χ2n) is 6.29. The van der Waals surface area contributed by atoms with Crippen LogP contribution in [0, 0.1) is 5.82 Å². The Bertz CT molecular complexity index is 919. The maximum absolute atomic E-state index is 14.6. The monoisotopic (exact) mass is 334 g/mol. The Morgan fingerprint density at radius 3 is 2.24 bits per heavy atom. The van der Waals surface area contributed by atoms with Gasteiger partial charge in [0.25, 0.3) is 0 Å². The lowest BCUT2D eigenvalue weighted by Gasteiger charge is -2.27. The first-order valence-corrected chi connectivity index (χ1v) is 8.37. The molecule has 0 atom stereocenters. The largest absolute Gasteiger partial charge is 0.406 e. The smallest absolute Gasteiger partial charge is 0.405 e. The first kappa shape index (κ1) is 14.8. The summed E-state index contributed by atoms with van der Waals surface area (Å²) < 4.78 is 25.4. The zero-order chi connectivity index (χ0) is 16.8. The molecular formula is C19H16BFN2O2. The van der Waals surface area contributed by atoms with Crippen LogP contribution < -0.4 is 15.9 Å². The van der Waals surface area contributed by atoms with E-state index in [1.54, 1.807) is 12.1 Å². The van der Waals surface area contributed by atoms with Crippen LogP contribution in [0.15, 0.2) is 54.6 Å². The van der Waals surface area contributed by atoms with Crippen LogP contribution in [0.2, 0.25) is 0 Å². The average Bonchev–Trinajstić information content (AvgIpc) is 3.16. The molecule has 0 amide bonds. The van der Waals surface area contributed by atoms with Crippen LogP contribution in [0.1, 0.15) is 11.9 Å². The van der Waals surface area contributed by atoms with E-state index in [-0.39, 0.29) is 12.8 Å². The minimum atomic E-state index is -0.601. The standard InChI is InChI=1S/C19H16BFN2O2/c21-15-11-13(7-8-14(15)19-24-9-10-25-19)20-22-16-5-1-3-12-4-2-6-17(23-20)18(12)16/h1-8,11,19,22-23H,9-10H2. The summed E-state index contributed by atoms with van der Waals surface area (Å²) in [4.78, 5) is 0. The zero-order valence-corrected chi connectivity index (χ0v) is 13.5. The first-order valence-electron chi connectivity index (χ1n) is 8.37. The predicted octanol–water partition coefficient (Wildman–Crippen LogP) is 3.26. The van der Waals surface area contributed by atoms with Gasteiger partial charge in [-0.25, -0.2) is 4.39 Å². The van der Waals surface area contributed by atoms with Gasteiger partial charge in [-0.3, -0.25) is 0 Å². The van der Waals surface area contributed by atoms with Gasteiger partial charge in [-0.1, -0.05) is 36.4 Å². The van der Waals surface area contributed by atoms with E-state index in [1.807, 2.05) is 30.3 Å². The number of benzene rings is 3. The molecule has 0 saturated carbocycles. The minimum Gasteiger partial charge on any atom is -0.405 e. The van der Waals surface area contributed by atoms with Crippen molar-refractivity contribution in [1.29, 1.82) is 0 Å². The Hall–Kier alpha value is -2.57. The van der Waals surface area contributed by atoms with E-state index >= 15 is 0 Å². The van der Waals surface area contributed by atoms with Crippen molar-refractivity contribution >= 4 is 34.6 Å². The third kappa shape index (κ3) is 2.45. The quantitative estimate of drug-likeness (QED) is 0.706. The van der Waals surface area contributed by atoms with Gasteiger partial charge in [-0.05, 0) is 29.0 Å². The van der Waals surface area contributed by atoms with E-state index in [0.29, 0.717) is 18.8 Å². The fourth-order valence-electron chi connectivity index (χ4n) is 3.55. The molecule has 0 aliphatic carbocycles. The van der Waals surface area contributed by atoms with E-state index in [9.17, 15) is 4.39 Å². The van der Waals surface area contributed by atoms with Crippen LogP contribution >= 0.6 is 0 Å². The molecule has 25 heavy (non-hydrogen) atoms. The number of halogens is 1. The number of ether oxygens (including phenoxy) is 2. The number of rotatable bonds is 2. The number of anilines is 2. The second-order valence-corrected chi connectivity index (χ2v) is 6.29. The summed E-state index contributed by atoms with van der Waals surface area (Å²) in [7, 11) is 0. The van der Waals surface area contributed by atoms with Crippen molar-refractivity contribution < 1.29 is 13.9 Å². The molecule has 0 aromatic heterocycles. The highest BCUT2D eigenvalue weighted by molar-refractivity contribution is 6.80. The highest BCUT2D eigenvalue weighted by atomic mass is 19.1. The van der Waals surface area contributed by atoms with E-state index in [2.05, 4.69) is 22.6 Å². The van der Waals surface area contributed by atoms with Gasteiger partial charge in [-0.15, -0.1) is 0 Å². The molecule has 0 bridgehead atoms. The molecule has 0 radical (unpaired) electrons. The van der Waals surface area contributed by atoms with Gasteiger partial charge in [0, 0.05) is 22.3 Å². The Labute approximate surface area is 145 Å². The van der Waals surface area contributed by atoms with E-state index in [4.69, 9.17) is 9.47 Å². The number of hydrogen-bond acceptors (Lipinski definition) is 4. The van der Waals surface area contributed by atoms with Crippen LogP contribution in [0.5, 0.6) is 0 Å². The Balaban J connectivity index is 1.49. The van der Waals surface area contributed by atoms with E-state index in [0.717, 1.165) is 22.2 Å². The minimum absolute atomic E-state index is 0.200. The molecular weight excluding hydrogens is 318 g/mol. The lowest BCUT2D eigenvalue weighted by Crippen LogP contribution is -2.48. The van der Waals surface area contributed by atoms with Crippen molar-refractivity contribution in [3.63, 3.8) is 0 Å². The third-order valence-corrected chi connectivity index (χ3v) is 4.74. The first-order chi connectivity index (χ1) is 12.3. The van der Waals surface area contributed by atoms with Crippen molar-refractivity contribution in [1.82, 2.24) is 0 Å². The van der Waals surface area contributed by atoms with Crippen LogP contribution in [0.4, 0.5) is 15.8 Å². The summed E-state index contributed by atoms with van der Waals surface area (Å²) in [5.41, 5.74) is 3.36. The van der Waals surface area contributed by atoms with Crippen molar-refractivity contribution in [3.05, 3.63) is 66.0 Å². The molecule has 0 spiro atoms. The summed E-state index contributed by atoms with van der Waals surface area (Å²) in [5.74, 6) is -0.315. The summed E-state index contributed by atoms with van der Waals surface area (Å²) in [6.07, 6.45) is -0.601. The summed E-state index contributed by atoms with van der Waals surface area (Å²) in [6, 6.07) is 17.5. The van der Waals surface area contributed by atoms with Crippen molar-refractivity contribution in [2.45, 2.75) is 6.29 Å². The normalized spacial score (nSPS) is 16.8. The molecule has 2 heterocycles. The van der Waals surface area contributed by atoms with Crippen LogP contribution in [0.25, 0.3) is 10.8 Å². The van der Waals surface area contributed by atoms with Gasteiger partial charge in [0.2, 0.25) is 0 Å². The highest BCUT2D eigenvalue weighted by Gasteiger charge is 2.28. The maximum Gasteiger partial charge on any atom is 0.406 e. The van der Waals surface area contributed by atoms with E-state index < -0.39 is 6.29 Å². The molecule has 2 N–H and O–H groups in total. The Kier molecular flexibility index (Phi) is 3.40. The maximum atomic E-state index is 14.6. The van der Waals surface area contributed by atoms with Crippen LogP contribution in [-0.4, -0.2) is 20.2 Å². The molecule has 3 aromatic rings. The Morgan fingerprint density at radius 2 is 1.60 bits per heavy atom. The van der Waals surface area contributed by atoms with Crippen molar-refractivity contribution in [2.75, 3.05) is 23.7 Å². The lowest BCUT2D eigenvalue weighted by atomic mass is 9.66. The molecule has 2 aliphatic heterocycles. The molecule has 0 unspecified atom stereocenters. The second kappa shape index (κ2) is 5.76. The fraction of sp³-hybridized carbons (Fsp3) is 0.158. The number of nitrogens with one attached hydrogen (secondary N) is 2. The molecule has 1 fully saturated rings. The van der Waals surface area contributed by atoms with Crippen LogP contribution in [0.3, 0.4) is 0 Å². The summed E-state index contributed by atoms with van der Waals surface area (Å²) in [6.45, 7) is 0.797. The molecule has 124 valence electrons. The molecule has 4 nitrogen and oxygen atoms in total. The van der Waals surface area contributed by atoms with Crippen molar-refractivity contribution in [3.8, 4) is 0 Å². The van der Waals surface area contributed by atoms with E-state index in [1.165, 1.54) is 5.39 Å². The Morgan fingerprint density at radius 1 is 0.920 bits per heavy atom.